The maximum atomic E-state index is 13.1. The number of nitro groups is 1. The predicted octanol–water partition coefficient (Wildman–Crippen LogP) is 3.20. The molecule has 2 unspecified atom stereocenters. The van der Waals surface area contributed by atoms with Crippen LogP contribution in [-0.4, -0.2) is 25.5 Å². The average Bonchev–Trinajstić information content (AvgIpc) is 3.38. The highest BCUT2D eigenvalue weighted by Crippen LogP contribution is 2.43. The number of benzene rings is 1. The molecule has 0 fully saturated rings. The number of carbonyl (C=O) groups excluding carboxylic acids is 1. The summed E-state index contributed by atoms with van der Waals surface area (Å²) in [6, 6.07) is 9.42. The third-order valence-electron chi connectivity index (χ3n) is 5.23. The molecule has 0 saturated carbocycles. The van der Waals surface area contributed by atoms with E-state index in [0.717, 1.165) is 17.0 Å². The molecule has 28 heavy (non-hydrogen) atoms. The lowest BCUT2D eigenvalue weighted by Gasteiger charge is -2.34. The van der Waals surface area contributed by atoms with Gasteiger partial charge in [0.15, 0.2) is 5.78 Å². The van der Waals surface area contributed by atoms with Crippen molar-refractivity contribution in [2.24, 2.45) is 0 Å². The van der Waals surface area contributed by atoms with Gasteiger partial charge in [-0.2, -0.15) is 10.1 Å². The number of nitrogens with one attached hydrogen (secondary N) is 1. The Balaban J connectivity index is 1.59. The molecule has 0 amide bonds. The van der Waals surface area contributed by atoms with Gasteiger partial charge in [0.25, 0.3) is 5.69 Å². The molecule has 1 aliphatic carbocycles. The third-order valence-corrected chi connectivity index (χ3v) is 5.23. The summed E-state index contributed by atoms with van der Waals surface area (Å²) >= 11 is 0. The van der Waals surface area contributed by atoms with Crippen LogP contribution >= 0.6 is 0 Å². The van der Waals surface area contributed by atoms with Gasteiger partial charge in [0.2, 0.25) is 5.95 Å². The van der Waals surface area contributed by atoms with E-state index in [1.54, 1.807) is 23.1 Å². The smallest absolute Gasteiger partial charge is 0.269 e. The summed E-state index contributed by atoms with van der Waals surface area (Å²) in [5.74, 6) is 1.27. The largest absolute Gasteiger partial charge is 0.469 e. The monoisotopic (exact) mass is 377 g/mol. The molecule has 1 aliphatic heterocycles. The van der Waals surface area contributed by atoms with Crippen LogP contribution in [0.15, 0.2) is 64.7 Å². The number of hydrogen-bond donors (Lipinski definition) is 1. The van der Waals surface area contributed by atoms with Crippen LogP contribution in [0.25, 0.3) is 0 Å². The molecule has 2 aromatic heterocycles. The molecule has 0 spiro atoms. The van der Waals surface area contributed by atoms with Gasteiger partial charge in [0, 0.05) is 35.7 Å². The third kappa shape index (κ3) is 2.51. The highest BCUT2D eigenvalue weighted by molar-refractivity contribution is 6.00. The molecule has 140 valence electrons. The van der Waals surface area contributed by atoms with Gasteiger partial charge in [-0.1, -0.05) is 0 Å². The maximum absolute atomic E-state index is 13.1. The lowest BCUT2D eigenvalue weighted by Crippen LogP contribution is -2.33. The molecule has 2 atom stereocenters. The molecule has 0 radical (unpaired) electrons. The normalized spacial score (nSPS) is 21.1. The summed E-state index contributed by atoms with van der Waals surface area (Å²) in [7, 11) is 0. The number of ketones is 1. The number of rotatable bonds is 3. The number of non-ortho nitro benzene ring substituents is 1. The first-order chi connectivity index (χ1) is 13.6. The number of aromatic nitrogens is 3. The first-order valence-corrected chi connectivity index (χ1v) is 8.82. The zero-order chi connectivity index (χ0) is 19.3. The number of nitro benzene ring substituents is 1. The molecule has 0 bridgehead atoms. The molecule has 1 N–H and O–H groups in total. The van der Waals surface area contributed by atoms with Gasteiger partial charge < -0.3 is 9.73 Å². The summed E-state index contributed by atoms with van der Waals surface area (Å²) < 4.78 is 7.15. The van der Waals surface area contributed by atoms with E-state index in [0.29, 0.717) is 24.4 Å². The van der Waals surface area contributed by atoms with Gasteiger partial charge in [-0.3, -0.25) is 14.9 Å². The minimum Gasteiger partial charge on any atom is -0.469 e. The Morgan fingerprint density at radius 2 is 2.04 bits per heavy atom. The minimum absolute atomic E-state index is 0.000322. The Morgan fingerprint density at radius 3 is 2.75 bits per heavy atom. The molecule has 9 heteroatoms. The minimum atomic E-state index is -0.473. The molecule has 9 nitrogen and oxygen atoms in total. The van der Waals surface area contributed by atoms with Gasteiger partial charge in [0.05, 0.1) is 11.2 Å². The van der Waals surface area contributed by atoms with Crippen molar-refractivity contribution < 1.29 is 14.1 Å². The van der Waals surface area contributed by atoms with Gasteiger partial charge in [-0.05, 0) is 36.2 Å². The molecule has 2 aliphatic rings. The van der Waals surface area contributed by atoms with Gasteiger partial charge in [-0.25, -0.2) is 4.68 Å². The van der Waals surface area contributed by atoms with Crippen LogP contribution in [0.3, 0.4) is 0 Å². The van der Waals surface area contributed by atoms with Crippen molar-refractivity contribution in [3.63, 3.8) is 0 Å². The molecule has 1 aromatic carbocycles. The van der Waals surface area contributed by atoms with Crippen molar-refractivity contribution in [2.75, 3.05) is 5.32 Å². The average molecular weight is 377 g/mol. The van der Waals surface area contributed by atoms with E-state index in [-0.39, 0.29) is 17.4 Å². The van der Waals surface area contributed by atoms with E-state index in [4.69, 9.17) is 4.42 Å². The van der Waals surface area contributed by atoms with E-state index >= 15 is 0 Å². The highest BCUT2D eigenvalue weighted by Gasteiger charge is 2.39. The van der Waals surface area contributed by atoms with Crippen LogP contribution in [0.2, 0.25) is 0 Å². The Morgan fingerprint density at radius 1 is 1.21 bits per heavy atom. The standard InChI is InChI=1S/C19H15N5O4/c25-15-9-12(16-2-1-7-28-16)8-14-17(15)18(23-19(22-14)20-10-21-23)11-3-5-13(6-4-11)24(26)27/h1-7,10,12,18H,8-9H2,(H,20,21,22). The first kappa shape index (κ1) is 16.4. The van der Waals surface area contributed by atoms with E-state index < -0.39 is 11.0 Å². The van der Waals surface area contributed by atoms with Crippen LogP contribution in [0.5, 0.6) is 0 Å². The Bertz CT molecular complexity index is 1100. The number of furan rings is 1. The second-order valence-electron chi connectivity index (χ2n) is 6.84. The molecular weight excluding hydrogens is 362 g/mol. The Hall–Kier alpha value is -3.75. The second kappa shape index (κ2) is 6.15. The van der Waals surface area contributed by atoms with Crippen LogP contribution in [-0.2, 0) is 4.79 Å². The molecule has 3 heterocycles. The highest BCUT2D eigenvalue weighted by atomic mass is 16.6. The van der Waals surface area contributed by atoms with E-state index in [9.17, 15) is 14.9 Å². The quantitative estimate of drug-likeness (QED) is 0.550. The van der Waals surface area contributed by atoms with E-state index in [1.807, 2.05) is 12.1 Å². The Kier molecular flexibility index (Phi) is 3.61. The van der Waals surface area contributed by atoms with E-state index in [2.05, 4.69) is 15.4 Å². The summed E-state index contributed by atoms with van der Waals surface area (Å²) in [4.78, 5) is 27.9. The lowest BCUT2D eigenvalue weighted by atomic mass is 9.79. The van der Waals surface area contributed by atoms with Gasteiger partial charge in [0.1, 0.15) is 18.1 Å². The summed E-state index contributed by atoms with van der Waals surface area (Å²) in [5.41, 5.74) is 2.16. The van der Waals surface area contributed by atoms with Gasteiger partial charge in [-0.15, -0.1) is 0 Å². The Labute approximate surface area is 158 Å². The second-order valence-corrected chi connectivity index (χ2v) is 6.84. The SMILES string of the molecule is O=C1CC(c2ccco2)CC2=C1C(c1ccc([N+](=O)[O-])cc1)n1ncnc1N2. The van der Waals surface area contributed by atoms with Crippen molar-refractivity contribution in [3.05, 3.63) is 81.7 Å². The summed E-state index contributed by atoms with van der Waals surface area (Å²) in [6.45, 7) is 0. The van der Waals surface area contributed by atoms with Crippen molar-refractivity contribution in [3.8, 4) is 0 Å². The number of Topliss-reactive ketones (excluding diaryl/α,β-unsaturated/α-hetero) is 1. The molecular formula is C19H15N5O4. The van der Waals surface area contributed by atoms with Crippen LogP contribution in [0, 0.1) is 10.1 Å². The lowest BCUT2D eigenvalue weighted by molar-refractivity contribution is -0.384. The number of anilines is 1. The summed E-state index contributed by atoms with van der Waals surface area (Å²) in [5, 5.41) is 18.5. The van der Waals surface area contributed by atoms with Crippen molar-refractivity contribution in [1.82, 2.24) is 14.8 Å². The molecule has 5 rings (SSSR count). The fourth-order valence-electron chi connectivity index (χ4n) is 3.96. The van der Waals surface area contributed by atoms with Crippen LogP contribution < -0.4 is 5.32 Å². The number of nitrogens with zero attached hydrogens (tertiary/aromatic N) is 4. The van der Waals surface area contributed by atoms with Crippen LogP contribution in [0.4, 0.5) is 11.6 Å². The fourth-order valence-corrected chi connectivity index (χ4v) is 3.96. The molecule has 0 saturated heterocycles. The van der Waals surface area contributed by atoms with Crippen molar-refractivity contribution in [1.29, 1.82) is 0 Å². The van der Waals surface area contributed by atoms with Crippen molar-refractivity contribution >= 4 is 17.4 Å². The summed E-state index contributed by atoms with van der Waals surface area (Å²) in [6.07, 6.45) is 3.98. The van der Waals surface area contributed by atoms with Crippen molar-refractivity contribution in [2.45, 2.75) is 24.8 Å². The first-order valence-electron chi connectivity index (χ1n) is 8.82. The topological polar surface area (TPSA) is 116 Å². The van der Waals surface area contributed by atoms with Gasteiger partial charge >= 0.3 is 0 Å². The zero-order valence-corrected chi connectivity index (χ0v) is 14.6. The molecule has 3 aromatic rings. The predicted molar refractivity (Wildman–Crippen MR) is 97.6 cm³/mol. The number of carbonyl (C=O) groups is 1. The number of fused-ring (bicyclic) bond motifs is 1. The van der Waals surface area contributed by atoms with E-state index in [1.165, 1.54) is 18.5 Å². The fraction of sp³-hybridized carbons (Fsp3) is 0.211. The zero-order valence-electron chi connectivity index (χ0n) is 14.6. The maximum Gasteiger partial charge on any atom is 0.269 e. The van der Waals surface area contributed by atoms with Crippen LogP contribution in [0.1, 0.15) is 36.1 Å². The number of hydrogen-bond acceptors (Lipinski definition) is 7. The number of allylic oxidation sites excluding steroid dienone is 2.